The third-order valence-electron chi connectivity index (χ3n) is 3.88. The standard InChI is InChI=1S/C18H17N5O2/c1-12-4-3-5-13(2)16(12)11-24-14-6-7-17(20-9-14)18-8-15(25-22-18)10-21-23-19/h3-9H,10-11H2,1-2H3. The number of hydrogen-bond acceptors (Lipinski definition) is 5. The van der Waals surface area contributed by atoms with Crippen LogP contribution in [0.3, 0.4) is 0 Å². The van der Waals surface area contributed by atoms with Crippen LogP contribution in [0.1, 0.15) is 22.5 Å². The van der Waals surface area contributed by atoms with Gasteiger partial charge in [-0.25, -0.2) is 0 Å². The van der Waals surface area contributed by atoms with Crippen molar-refractivity contribution in [3.63, 3.8) is 0 Å². The van der Waals surface area contributed by atoms with Crippen LogP contribution in [0.25, 0.3) is 21.8 Å². The molecule has 0 unspecified atom stereocenters. The Bertz CT molecular complexity index is 891. The van der Waals surface area contributed by atoms with Gasteiger partial charge in [0.2, 0.25) is 0 Å². The van der Waals surface area contributed by atoms with Gasteiger partial charge in [-0.3, -0.25) is 4.98 Å². The summed E-state index contributed by atoms with van der Waals surface area (Å²) in [7, 11) is 0. The predicted octanol–water partition coefficient (Wildman–Crippen LogP) is 4.74. The van der Waals surface area contributed by atoms with Crippen molar-refractivity contribution in [1.29, 1.82) is 0 Å². The highest BCUT2D eigenvalue weighted by Gasteiger charge is 2.08. The average molecular weight is 335 g/mol. The van der Waals surface area contributed by atoms with E-state index in [1.807, 2.05) is 18.2 Å². The Labute approximate surface area is 144 Å². The summed E-state index contributed by atoms with van der Waals surface area (Å²) in [4.78, 5) is 7.04. The summed E-state index contributed by atoms with van der Waals surface area (Å²) in [6.07, 6.45) is 1.66. The van der Waals surface area contributed by atoms with E-state index in [2.05, 4.69) is 46.1 Å². The van der Waals surface area contributed by atoms with Crippen molar-refractivity contribution >= 4 is 0 Å². The van der Waals surface area contributed by atoms with Crippen LogP contribution in [-0.2, 0) is 13.2 Å². The van der Waals surface area contributed by atoms with Gasteiger partial charge in [0.15, 0.2) is 0 Å². The van der Waals surface area contributed by atoms with Gasteiger partial charge in [0.25, 0.3) is 0 Å². The summed E-state index contributed by atoms with van der Waals surface area (Å²) in [6.45, 7) is 4.78. The highest BCUT2D eigenvalue weighted by Crippen LogP contribution is 2.21. The number of hydrogen-bond donors (Lipinski definition) is 0. The van der Waals surface area contributed by atoms with Crippen molar-refractivity contribution in [1.82, 2.24) is 10.1 Å². The Kier molecular flexibility index (Phi) is 4.97. The van der Waals surface area contributed by atoms with Gasteiger partial charge in [-0.05, 0) is 48.2 Å². The summed E-state index contributed by atoms with van der Waals surface area (Å²) in [5.74, 6) is 1.18. The third kappa shape index (κ3) is 3.97. The molecule has 3 aromatic rings. The summed E-state index contributed by atoms with van der Waals surface area (Å²) >= 11 is 0. The SMILES string of the molecule is Cc1cccc(C)c1COc1ccc(-c2cc(CN=[N+]=[N-])on2)nc1. The number of pyridine rings is 1. The first kappa shape index (κ1) is 16.5. The topological polar surface area (TPSA) is 96.9 Å². The van der Waals surface area contributed by atoms with Gasteiger partial charge in [-0.2, -0.15) is 0 Å². The van der Waals surface area contributed by atoms with E-state index in [0.717, 1.165) is 0 Å². The molecule has 0 spiro atoms. The van der Waals surface area contributed by atoms with Crippen LogP contribution in [0.2, 0.25) is 0 Å². The average Bonchev–Trinajstić information content (AvgIpc) is 3.09. The van der Waals surface area contributed by atoms with Crippen molar-refractivity contribution in [3.05, 3.63) is 75.5 Å². The van der Waals surface area contributed by atoms with Crippen LogP contribution in [-0.4, -0.2) is 10.1 Å². The van der Waals surface area contributed by atoms with Gasteiger partial charge < -0.3 is 9.26 Å². The number of aromatic nitrogens is 2. The van der Waals surface area contributed by atoms with Crippen LogP contribution in [0.4, 0.5) is 0 Å². The first-order valence-corrected chi connectivity index (χ1v) is 7.78. The van der Waals surface area contributed by atoms with E-state index in [9.17, 15) is 0 Å². The van der Waals surface area contributed by atoms with E-state index in [1.54, 1.807) is 12.3 Å². The molecule has 0 aliphatic carbocycles. The van der Waals surface area contributed by atoms with Crippen molar-refractivity contribution in [2.75, 3.05) is 0 Å². The molecule has 1 aromatic carbocycles. The summed E-state index contributed by atoms with van der Waals surface area (Å²) < 4.78 is 10.9. The van der Waals surface area contributed by atoms with Crippen molar-refractivity contribution < 1.29 is 9.26 Å². The van der Waals surface area contributed by atoms with Crippen LogP contribution in [0.15, 0.2) is 52.2 Å². The highest BCUT2D eigenvalue weighted by atomic mass is 16.5. The van der Waals surface area contributed by atoms with Gasteiger partial charge in [-0.15, -0.1) is 0 Å². The number of nitrogens with zero attached hydrogens (tertiary/aromatic N) is 5. The normalized spacial score (nSPS) is 10.3. The Balaban J connectivity index is 1.68. The molecule has 0 fully saturated rings. The minimum atomic E-state index is 0.125. The van der Waals surface area contributed by atoms with Gasteiger partial charge in [-0.1, -0.05) is 28.5 Å². The molecule has 3 rings (SSSR count). The smallest absolute Gasteiger partial charge is 0.143 e. The molecule has 126 valence electrons. The lowest BCUT2D eigenvalue weighted by atomic mass is 10.0. The quantitative estimate of drug-likeness (QED) is 0.369. The zero-order chi connectivity index (χ0) is 17.6. The molecule has 0 aliphatic rings. The Morgan fingerprint density at radius 1 is 1.16 bits per heavy atom. The molecule has 0 amide bonds. The van der Waals surface area contributed by atoms with E-state index in [1.165, 1.54) is 16.7 Å². The maximum absolute atomic E-state index is 8.32. The lowest BCUT2D eigenvalue weighted by Crippen LogP contribution is -2.00. The van der Waals surface area contributed by atoms with Gasteiger partial charge in [0, 0.05) is 11.0 Å². The number of benzene rings is 1. The van der Waals surface area contributed by atoms with E-state index in [-0.39, 0.29) is 6.54 Å². The third-order valence-corrected chi connectivity index (χ3v) is 3.88. The van der Waals surface area contributed by atoms with E-state index in [4.69, 9.17) is 14.8 Å². The molecule has 0 aliphatic heterocycles. The fraction of sp³-hybridized carbons (Fsp3) is 0.222. The molecule has 0 atom stereocenters. The Morgan fingerprint density at radius 3 is 2.64 bits per heavy atom. The summed E-state index contributed by atoms with van der Waals surface area (Å²) in [6, 6.07) is 11.6. The highest BCUT2D eigenvalue weighted by molar-refractivity contribution is 5.54. The molecule has 0 saturated carbocycles. The fourth-order valence-electron chi connectivity index (χ4n) is 2.46. The van der Waals surface area contributed by atoms with Crippen molar-refractivity contribution in [2.45, 2.75) is 27.0 Å². The van der Waals surface area contributed by atoms with Gasteiger partial charge in [0.05, 0.1) is 18.4 Å². The van der Waals surface area contributed by atoms with Crippen LogP contribution >= 0.6 is 0 Å². The van der Waals surface area contributed by atoms with Crippen LogP contribution in [0.5, 0.6) is 5.75 Å². The lowest BCUT2D eigenvalue weighted by molar-refractivity contribution is 0.303. The maximum atomic E-state index is 8.32. The second-order valence-electron chi connectivity index (χ2n) is 5.61. The van der Waals surface area contributed by atoms with Gasteiger partial charge in [0.1, 0.15) is 23.8 Å². The van der Waals surface area contributed by atoms with Crippen LogP contribution in [0, 0.1) is 13.8 Å². The second kappa shape index (κ2) is 7.51. The first-order valence-electron chi connectivity index (χ1n) is 7.78. The van der Waals surface area contributed by atoms with E-state index < -0.39 is 0 Å². The molecule has 2 aromatic heterocycles. The number of azide groups is 1. The van der Waals surface area contributed by atoms with Crippen molar-refractivity contribution in [3.8, 4) is 17.1 Å². The molecule has 2 heterocycles. The second-order valence-corrected chi connectivity index (χ2v) is 5.61. The number of rotatable bonds is 6. The lowest BCUT2D eigenvalue weighted by Gasteiger charge is -2.11. The molecule has 0 radical (unpaired) electrons. The fourth-order valence-corrected chi connectivity index (χ4v) is 2.46. The molecule has 25 heavy (non-hydrogen) atoms. The minimum absolute atomic E-state index is 0.125. The Hall–Kier alpha value is -3.31. The molecular formula is C18H17N5O2. The largest absolute Gasteiger partial charge is 0.487 e. The molecule has 7 nitrogen and oxygen atoms in total. The minimum Gasteiger partial charge on any atom is -0.487 e. The van der Waals surface area contributed by atoms with Gasteiger partial charge >= 0.3 is 0 Å². The van der Waals surface area contributed by atoms with E-state index >= 15 is 0 Å². The first-order chi connectivity index (χ1) is 12.2. The number of ether oxygens (including phenoxy) is 1. The van der Waals surface area contributed by atoms with E-state index in [0.29, 0.717) is 29.5 Å². The predicted molar refractivity (Wildman–Crippen MR) is 92.8 cm³/mol. The molecular weight excluding hydrogens is 318 g/mol. The summed E-state index contributed by atoms with van der Waals surface area (Å²) in [5, 5.41) is 7.36. The zero-order valence-electron chi connectivity index (χ0n) is 14.0. The Morgan fingerprint density at radius 2 is 1.96 bits per heavy atom. The summed E-state index contributed by atoms with van der Waals surface area (Å²) in [5.41, 5.74) is 13.2. The molecule has 0 saturated heterocycles. The molecule has 0 N–H and O–H groups in total. The molecule has 7 heteroatoms. The maximum Gasteiger partial charge on any atom is 0.143 e. The zero-order valence-corrected chi connectivity index (χ0v) is 14.0. The molecule has 0 bridgehead atoms. The number of aryl methyl sites for hydroxylation is 2. The monoisotopic (exact) mass is 335 g/mol. The van der Waals surface area contributed by atoms with Crippen molar-refractivity contribution in [2.24, 2.45) is 5.11 Å². The van der Waals surface area contributed by atoms with Crippen LogP contribution < -0.4 is 4.74 Å².